The van der Waals surface area contributed by atoms with E-state index in [1.807, 2.05) is 0 Å². The Morgan fingerprint density at radius 2 is 1.22 bits per heavy atom. The molecule has 23 heavy (non-hydrogen) atoms. The largest absolute Gasteiger partial charge is 0.302 e. The van der Waals surface area contributed by atoms with E-state index in [1.165, 1.54) is 22.4 Å². The normalized spacial score (nSPS) is 11.6. The van der Waals surface area contributed by atoms with Gasteiger partial charge < -0.3 is 5.43 Å². The second kappa shape index (κ2) is 6.30. The third-order valence-electron chi connectivity index (χ3n) is 2.64. The van der Waals surface area contributed by atoms with E-state index in [1.54, 1.807) is 0 Å². The fourth-order valence-corrected chi connectivity index (χ4v) is 2.48. The highest BCUT2D eigenvalue weighted by Crippen LogP contribution is 2.26. The van der Waals surface area contributed by atoms with E-state index in [0.717, 1.165) is 12.1 Å². The van der Waals surface area contributed by atoms with Crippen LogP contribution in [0, 0.1) is 29.1 Å². The van der Waals surface area contributed by atoms with E-state index in [0.29, 0.717) is 0 Å². The van der Waals surface area contributed by atoms with Crippen molar-refractivity contribution in [1.29, 1.82) is 0 Å². The van der Waals surface area contributed by atoms with Gasteiger partial charge in [-0.05, 0) is 24.3 Å². The van der Waals surface area contributed by atoms with Gasteiger partial charge in [0.1, 0.15) is 5.69 Å². The predicted octanol–water partition coefficient (Wildman–Crippen LogP) is 3.34. The van der Waals surface area contributed by atoms with Crippen molar-refractivity contribution < 1.29 is 30.4 Å². The fourth-order valence-electron chi connectivity index (χ4n) is 1.51. The molecule has 0 aliphatic heterocycles. The lowest BCUT2D eigenvalue weighted by molar-refractivity contribution is 0.381. The van der Waals surface area contributed by atoms with E-state index in [4.69, 9.17) is 11.6 Å². The summed E-state index contributed by atoms with van der Waals surface area (Å²) in [5.41, 5.74) is -0.0529. The minimum absolute atomic E-state index is 0.233. The Kier molecular flexibility index (Phi) is 4.78. The smallest absolute Gasteiger partial charge is 0.257 e. The van der Waals surface area contributed by atoms with Gasteiger partial charge in [-0.25, -0.2) is 30.4 Å². The highest BCUT2D eigenvalue weighted by atomic mass is 35.5. The van der Waals surface area contributed by atoms with Gasteiger partial charge in [-0.3, -0.25) is 0 Å². The average molecular weight is 373 g/mol. The Labute approximate surface area is 131 Å². The summed E-state index contributed by atoms with van der Waals surface area (Å²) in [5.74, 6) is -11.2. The number of halogens is 6. The van der Waals surface area contributed by atoms with Crippen molar-refractivity contribution in [3.8, 4) is 0 Å². The van der Waals surface area contributed by atoms with Gasteiger partial charge in [-0.15, -0.1) is 4.83 Å². The maximum Gasteiger partial charge on any atom is 0.257 e. The topological polar surface area (TPSA) is 58.2 Å². The van der Waals surface area contributed by atoms with Crippen molar-refractivity contribution in [2.45, 2.75) is 4.90 Å². The Bertz CT molecular complexity index is 830. The monoisotopic (exact) mass is 372 g/mol. The number of hydrazine groups is 1. The molecule has 0 fully saturated rings. The van der Waals surface area contributed by atoms with Crippen LogP contribution in [0.4, 0.5) is 27.6 Å². The van der Waals surface area contributed by atoms with E-state index in [-0.39, 0.29) is 9.92 Å². The number of hydrogen-bond donors (Lipinski definition) is 2. The number of nitrogens with one attached hydrogen (secondary N) is 2. The van der Waals surface area contributed by atoms with Crippen LogP contribution >= 0.6 is 11.6 Å². The summed E-state index contributed by atoms with van der Waals surface area (Å²) in [6.07, 6.45) is 0. The Morgan fingerprint density at radius 3 is 1.70 bits per heavy atom. The molecular weight excluding hydrogens is 367 g/mol. The van der Waals surface area contributed by atoms with Crippen LogP contribution < -0.4 is 10.3 Å². The molecule has 0 unspecified atom stereocenters. The molecular formula is C12H6ClF5N2O2S. The molecule has 0 aromatic heterocycles. The molecule has 0 aliphatic rings. The van der Waals surface area contributed by atoms with Gasteiger partial charge in [0.15, 0.2) is 23.3 Å². The van der Waals surface area contributed by atoms with Crippen LogP contribution in [0.5, 0.6) is 0 Å². The maximum absolute atomic E-state index is 13.4. The van der Waals surface area contributed by atoms with Gasteiger partial charge in [0.05, 0.1) is 4.90 Å². The molecule has 0 saturated carbocycles. The zero-order valence-electron chi connectivity index (χ0n) is 10.8. The lowest BCUT2D eigenvalue weighted by Crippen LogP contribution is -2.31. The molecule has 0 saturated heterocycles. The number of anilines is 1. The molecule has 0 radical (unpaired) electrons. The molecule has 0 aliphatic carbocycles. The van der Waals surface area contributed by atoms with E-state index in [2.05, 4.69) is 0 Å². The molecule has 2 aromatic carbocycles. The molecule has 2 aromatic rings. The van der Waals surface area contributed by atoms with Gasteiger partial charge in [-0.1, -0.05) is 11.6 Å². The number of rotatable bonds is 4. The second-order valence-electron chi connectivity index (χ2n) is 4.13. The van der Waals surface area contributed by atoms with Crippen LogP contribution in [0.25, 0.3) is 0 Å². The van der Waals surface area contributed by atoms with Gasteiger partial charge in [-0.2, -0.15) is 0 Å². The zero-order valence-corrected chi connectivity index (χ0v) is 12.4. The maximum atomic E-state index is 13.4. The molecule has 0 amide bonds. The summed E-state index contributed by atoms with van der Waals surface area (Å²) < 4.78 is 89.4. The molecule has 124 valence electrons. The quantitative estimate of drug-likeness (QED) is 0.374. The first-order chi connectivity index (χ1) is 10.6. The summed E-state index contributed by atoms with van der Waals surface area (Å²) in [4.78, 5) is 1.16. The average Bonchev–Trinajstić information content (AvgIpc) is 2.51. The van der Waals surface area contributed by atoms with Crippen molar-refractivity contribution >= 4 is 27.3 Å². The van der Waals surface area contributed by atoms with Crippen molar-refractivity contribution in [2.24, 2.45) is 0 Å². The van der Waals surface area contributed by atoms with Gasteiger partial charge in [0.25, 0.3) is 10.0 Å². The molecule has 2 rings (SSSR count). The van der Waals surface area contributed by atoms with E-state index < -0.39 is 44.8 Å². The van der Waals surface area contributed by atoms with Gasteiger partial charge in [0.2, 0.25) is 5.82 Å². The van der Waals surface area contributed by atoms with Gasteiger partial charge in [0, 0.05) is 5.02 Å². The van der Waals surface area contributed by atoms with Crippen molar-refractivity contribution in [2.75, 3.05) is 5.43 Å². The lowest BCUT2D eigenvalue weighted by atomic mass is 10.2. The lowest BCUT2D eigenvalue weighted by Gasteiger charge is -2.12. The van der Waals surface area contributed by atoms with E-state index in [9.17, 15) is 30.4 Å². The minimum atomic E-state index is -4.34. The second-order valence-corrected chi connectivity index (χ2v) is 6.25. The SMILES string of the molecule is O=S(=O)(NNc1c(F)c(F)c(F)c(F)c1F)c1ccc(Cl)cc1. The Morgan fingerprint density at radius 1 is 0.783 bits per heavy atom. The molecule has 0 heterocycles. The van der Waals surface area contributed by atoms with Crippen molar-refractivity contribution in [1.82, 2.24) is 4.83 Å². The van der Waals surface area contributed by atoms with Crippen LogP contribution in [0.3, 0.4) is 0 Å². The number of hydrogen-bond acceptors (Lipinski definition) is 3. The summed E-state index contributed by atoms with van der Waals surface area (Å²) in [7, 11) is -4.34. The first kappa shape index (κ1) is 17.4. The molecule has 2 N–H and O–H groups in total. The summed E-state index contributed by atoms with van der Waals surface area (Å²) in [5, 5.41) is 0.233. The fraction of sp³-hybridized carbons (Fsp3) is 0. The van der Waals surface area contributed by atoms with Crippen LogP contribution in [0.1, 0.15) is 0 Å². The summed E-state index contributed by atoms with van der Waals surface area (Å²) >= 11 is 5.58. The van der Waals surface area contributed by atoms with Crippen molar-refractivity contribution in [3.05, 3.63) is 58.4 Å². The Hall–Kier alpha value is -1.91. The van der Waals surface area contributed by atoms with E-state index >= 15 is 0 Å². The third-order valence-corrected chi connectivity index (χ3v) is 4.16. The molecule has 0 bridgehead atoms. The predicted molar refractivity (Wildman–Crippen MR) is 71.6 cm³/mol. The van der Waals surface area contributed by atoms with Crippen LogP contribution in [0.15, 0.2) is 29.2 Å². The summed E-state index contributed by atoms with van der Waals surface area (Å²) in [6.45, 7) is 0. The number of benzene rings is 2. The van der Waals surface area contributed by atoms with Crippen LogP contribution in [-0.4, -0.2) is 8.42 Å². The standard InChI is InChI=1S/C12H6ClF5N2O2S/c13-5-1-3-6(4-2-5)23(21,22)20-19-12-10(17)8(15)7(14)9(16)11(12)18/h1-4,19-20H. The summed E-state index contributed by atoms with van der Waals surface area (Å²) in [6, 6.07) is 4.61. The first-order valence-corrected chi connectivity index (χ1v) is 7.56. The minimum Gasteiger partial charge on any atom is -0.302 e. The molecule has 0 spiro atoms. The van der Waals surface area contributed by atoms with Crippen LogP contribution in [0.2, 0.25) is 5.02 Å². The van der Waals surface area contributed by atoms with Gasteiger partial charge >= 0.3 is 0 Å². The third kappa shape index (κ3) is 3.38. The molecule has 0 atom stereocenters. The Balaban J connectivity index is 2.33. The molecule has 4 nitrogen and oxygen atoms in total. The number of sulfonamides is 1. The molecule has 11 heteroatoms. The van der Waals surface area contributed by atoms with Crippen molar-refractivity contribution in [3.63, 3.8) is 0 Å². The highest BCUT2D eigenvalue weighted by Gasteiger charge is 2.26. The zero-order chi connectivity index (χ0) is 17.4. The van der Waals surface area contributed by atoms with Crippen LogP contribution in [-0.2, 0) is 10.0 Å². The first-order valence-electron chi connectivity index (χ1n) is 5.70. The highest BCUT2D eigenvalue weighted by molar-refractivity contribution is 7.89.